The van der Waals surface area contributed by atoms with E-state index in [1.165, 1.54) is 17.3 Å². The maximum Gasteiger partial charge on any atom is 0.282 e. The molecular formula is C14H15N3OS2. The van der Waals surface area contributed by atoms with Crippen molar-refractivity contribution in [1.82, 2.24) is 5.01 Å². The number of fused-ring (bicyclic) bond motifs is 1. The summed E-state index contributed by atoms with van der Waals surface area (Å²) in [6, 6.07) is 8.18. The number of nitrogens with two attached hydrogens (primary N) is 1. The molecule has 0 aliphatic carbocycles. The van der Waals surface area contributed by atoms with Crippen LogP contribution in [0.15, 0.2) is 34.9 Å². The fraction of sp³-hybridized carbons (Fsp3) is 0.286. The summed E-state index contributed by atoms with van der Waals surface area (Å²) in [6.45, 7) is 4.24. The average Bonchev–Trinajstić information content (AvgIpc) is 2.77. The third kappa shape index (κ3) is 1.65. The van der Waals surface area contributed by atoms with E-state index >= 15 is 0 Å². The lowest BCUT2D eigenvalue weighted by Crippen LogP contribution is -2.36. The van der Waals surface area contributed by atoms with Crippen molar-refractivity contribution >= 4 is 39.9 Å². The van der Waals surface area contributed by atoms with Crippen molar-refractivity contribution in [2.45, 2.75) is 19.3 Å². The lowest BCUT2D eigenvalue weighted by molar-refractivity contribution is -0.122. The minimum absolute atomic E-state index is 0.220. The van der Waals surface area contributed by atoms with Crippen LogP contribution in [0.5, 0.6) is 0 Å². The molecule has 1 amide bonds. The number of carbonyl (C=O) groups excluding carboxylic acids is 1. The molecule has 2 aliphatic heterocycles. The zero-order valence-electron chi connectivity index (χ0n) is 11.5. The largest absolute Gasteiger partial charge is 0.346 e. The number of hydrogen-bond donors (Lipinski definition) is 1. The van der Waals surface area contributed by atoms with Crippen LogP contribution in [0.2, 0.25) is 0 Å². The van der Waals surface area contributed by atoms with Crippen LogP contribution in [0, 0.1) is 0 Å². The Morgan fingerprint density at radius 1 is 1.30 bits per heavy atom. The van der Waals surface area contributed by atoms with Gasteiger partial charge in [-0.1, -0.05) is 56.0 Å². The third-order valence-corrected chi connectivity index (χ3v) is 5.27. The highest BCUT2D eigenvalue weighted by Gasteiger charge is 2.45. The van der Waals surface area contributed by atoms with Crippen molar-refractivity contribution in [2.75, 3.05) is 11.9 Å². The van der Waals surface area contributed by atoms with Crippen LogP contribution < -0.4 is 10.7 Å². The molecule has 20 heavy (non-hydrogen) atoms. The molecule has 0 spiro atoms. The predicted octanol–water partition coefficient (Wildman–Crippen LogP) is 2.36. The molecule has 6 heteroatoms. The van der Waals surface area contributed by atoms with Gasteiger partial charge in [0.05, 0.1) is 0 Å². The van der Waals surface area contributed by atoms with Crippen molar-refractivity contribution in [2.24, 2.45) is 5.84 Å². The van der Waals surface area contributed by atoms with Crippen molar-refractivity contribution in [3.63, 3.8) is 0 Å². The number of amides is 1. The summed E-state index contributed by atoms with van der Waals surface area (Å²) >= 11 is 6.40. The van der Waals surface area contributed by atoms with Gasteiger partial charge in [0.15, 0.2) is 4.32 Å². The molecule has 2 N–H and O–H groups in total. The lowest BCUT2D eigenvalue weighted by atomic mass is 9.83. The highest BCUT2D eigenvalue weighted by atomic mass is 32.2. The molecule has 0 saturated carbocycles. The standard InChI is InChI=1S/C14H15N3OS2/c1-14(2)8-6-4-5-7-9(8)16(3)11(14)10-12(18)17(15)13(19)20-10/h4-7H,15H2,1-3H3. The van der Waals surface area contributed by atoms with Crippen LogP contribution in [-0.4, -0.2) is 22.3 Å². The maximum absolute atomic E-state index is 12.3. The monoisotopic (exact) mass is 305 g/mol. The zero-order valence-corrected chi connectivity index (χ0v) is 13.1. The van der Waals surface area contributed by atoms with E-state index in [1.54, 1.807) is 0 Å². The van der Waals surface area contributed by atoms with Crippen molar-refractivity contribution in [3.05, 3.63) is 40.4 Å². The molecule has 3 rings (SSSR count). The third-order valence-electron chi connectivity index (χ3n) is 3.88. The van der Waals surface area contributed by atoms with Gasteiger partial charge in [0.1, 0.15) is 4.91 Å². The Bertz CT molecular complexity index is 666. The summed E-state index contributed by atoms with van der Waals surface area (Å²) in [7, 11) is 1.98. The van der Waals surface area contributed by atoms with E-state index in [0.29, 0.717) is 9.23 Å². The number of rotatable bonds is 0. The fourth-order valence-corrected chi connectivity index (χ4v) is 4.28. The highest BCUT2D eigenvalue weighted by molar-refractivity contribution is 8.26. The number of likely N-dealkylation sites (N-methyl/N-ethyl adjacent to an activating group) is 1. The van der Waals surface area contributed by atoms with E-state index in [4.69, 9.17) is 18.1 Å². The molecule has 0 radical (unpaired) electrons. The number of nitrogens with zero attached hydrogens (tertiary/aromatic N) is 2. The van der Waals surface area contributed by atoms with Gasteiger partial charge in [-0.05, 0) is 11.6 Å². The minimum atomic E-state index is -0.246. The number of thioether (sulfide) groups is 1. The quantitative estimate of drug-likeness (QED) is 0.345. The van der Waals surface area contributed by atoms with E-state index in [0.717, 1.165) is 16.4 Å². The molecule has 4 nitrogen and oxygen atoms in total. The van der Waals surface area contributed by atoms with Gasteiger partial charge in [0, 0.05) is 23.8 Å². The number of thiocarbonyl (C=S) groups is 1. The molecule has 2 aliphatic rings. The van der Waals surface area contributed by atoms with E-state index < -0.39 is 0 Å². The molecule has 0 unspecified atom stereocenters. The first kappa shape index (κ1) is 13.6. The molecule has 104 valence electrons. The Morgan fingerprint density at radius 3 is 2.50 bits per heavy atom. The van der Waals surface area contributed by atoms with Gasteiger partial charge in [-0.3, -0.25) is 4.79 Å². The Morgan fingerprint density at radius 2 is 1.95 bits per heavy atom. The number of anilines is 1. The Kier molecular flexibility index (Phi) is 2.93. The van der Waals surface area contributed by atoms with Gasteiger partial charge in [-0.2, -0.15) is 0 Å². The van der Waals surface area contributed by atoms with E-state index in [9.17, 15) is 4.79 Å². The average molecular weight is 305 g/mol. The molecule has 2 heterocycles. The molecule has 1 saturated heterocycles. The minimum Gasteiger partial charge on any atom is -0.346 e. The number of hydrogen-bond acceptors (Lipinski definition) is 5. The number of hydrazine groups is 1. The first-order valence-corrected chi connectivity index (χ1v) is 7.47. The topological polar surface area (TPSA) is 49.6 Å². The maximum atomic E-state index is 12.3. The summed E-state index contributed by atoms with van der Waals surface area (Å²) in [4.78, 5) is 15.0. The summed E-state index contributed by atoms with van der Waals surface area (Å²) in [5.74, 6) is 5.47. The lowest BCUT2D eigenvalue weighted by Gasteiger charge is -2.25. The zero-order chi connectivity index (χ0) is 14.7. The molecule has 0 aromatic heterocycles. The molecule has 1 aromatic rings. The van der Waals surface area contributed by atoms with Crippen LogP contribution in [0.3, 0.4) is 0 Å². The Hall–Kier alpha value is -1.37. The van der Waals surface area contributed by atoms with Crippen molar-refractivity contribution in [1.29, 1.82) is 0 Å². The van der Waals surface area contributed by atoms with Gasteiger partial charge >= 0.3 is 0 Å². The van der Waals surface area contributed by atoms with Crippen LogP contribution in [0.4, 0.5) is 5.69 Å². The molecule has 0 bridgehead atoms. The van der Waals surface area contributed by atoms with Gasteiger partial charge in [-0.15, -0.1) is 0 Å². The first-order chi connectivity index (χ1) is 9.35. The number of benzene rings is 1. The summed E-state index contributed by atoms with van der Waals surface area (Å²) in [5.41, 5.74) is 3.04. The van der Waals surface area contributed by atoms with E-state index in [1.807, 2.05) is 19.2 Å². The highest BCUT2D eigenvalue weighted by Crippen LogP contribution is 2.50. The molecule has 1 fully saturated rings. The van der Waals surface area contributed by atoms with E-state index in [2.05, 4.69) is 30.9 Å². The second-order valence-electron chi connectivity index (χ2n) is 5.42. The number of allylic oxidation sites excluding steroid dienone is 1. The second kappa shape index (κ2) is 4.31. The van der Waals surface area contributed by atoms with Crippen molar-refractivity contribution in [3.8, 4) is 0 Å². The predicted molar refractivity (Wildman–Crippen MR) is 86.1 cm³/mol. The Balaban J connectivity index is 2.23. The van der Waals surface area contributed by atoms with Crippen LogP contribution in [0.25, 0.3) is 0 Å². The van der Waals surface area contributed by atoms with Gasteiger partial charge in [-0.25, -0.2) is 10.9 Å². The first-order valence-electron chi connectivity index (χ1n) is 6.24. The summed E-state index contributed by atoms with van der Waals surface area (Å²) < 4.78 is 0.401. The van der Waals surface area contributed by atoms with Crippen molar-refractivity contribution < 1.29 is 4.79 Å². The number of para-hydroxylation sites is 1. The molecule has 1 aromatic carbocycles. The fourth-order valence-electron chi connectivity index (χ4n) is 2.92. The van der Waals surface area contributed by atoms with Crippen LogP contribution in [0.1, 0.15) is 19.4 Å². The molecular weight excluding hydrogens is 290 g/mol. The smallest absolute Gasteiger partial charge is 0.282 e. The normalized spacial score (nSPS) is 24.6. The van der Waals surface area contributed by atoms with Crippen LogP contribution >= 0.6 is 24.0 Å². The number of carbonyl (C=O) groups is 1. The molecule has 0 atom stereocenters. The Labute approximate surface area is 127 Å². The van der Waals surface area contributed by atoms with Gasteiger partial charge < -0.3 is 4.90 Å². The van der Waals surface area contributed by atoms with Gasteiger partial charge in [0.25, 0.3) is 5.91 Å². The SMILES string of the molecule is CN1C(=C2SC(=S)N(N)C2=O)C(C)(C)c2ccccc21. The van der Waals surface area contributed by atoms with Crippen LogP contribution in [-0.2, 0) is 10.2 Å². The summed E-state index contributed by atoms with van der Waals surface area (Å²) in [6.07, 6.45) is 0. The summed E-state index contributed by atoms with van der Waals surface area (Å²) in [5, 5.41) is 1.05. The second-order valence-corrected chi connectivity index (χ2v) is 7.07. The van der Waals surface area contributed by atoms with E-state index in [-0.39, 0.29) is 11.3 Å². The van der Waals surface area contributed by atoms with Gasteiger partial charge in [0.2, 0.25) is 0 Å².